The van der Waals surface area contributed by atoms with Crippen molar-refractivity contribution in [2.45, 2.75) is 12.5 Å². The average molecular weight is 308 g/mol. The summed E-state index contributed by atoms with van der Waals surface area (Å²) >= 11 is 0. The fraction of sp³-hybridized carbons (Fsp3) is 0.214. The number of carbonyl (C=O) groups is 1. The van der Waals surface area contributed by atoms with E-state index < -0.39 is 22.0 Å². The van der Waals surface area contributed by atoms with Crippen LogP contribution in [0.3, 0.4) is 0 Å². The molecule has 2 rings (SSSR count). The van der Waals surface area contributed by atoms with E-state index in [9.17, 15) is 18.3 Å². The molecule has 6 nitrogen and oxygen atoms in total. The highest BCUT2D eigenvalue weighted by Gasteiger charge is 2.24. The van der Waals surface area contributed by atoms with Crippen LogP contribution in [0.2, 0.25) is 0 Å². The van der Waals surface area contributed by atoms with Crippen molar-refractivity contribution < 1.29 is 18.3 Å². The molecule has 0 aliphatic rings. The molecular weight excluding hydrogens is 292 g/mol. The summed E-state index contributed by atoms with van der Waals surface area (Å²) in [4.78, 5) is 14.3. The maximum Gasteiger partial charge on any atom is 0.322 e. The van der Waals surface area contributed by atoms with Crippen LogP contribution < -0.4 is 4.72 Å². The minimum atomic E-state index is -3.69. The fourth-order valence-corrected chi connectivity index (χ4v) is 3.14. The number of hydrogen-bond acceptors (Lipinski definition) is 3. The zero-order valence-corrected chi connectivity index (χ0v) is 12.1. The molecule has 0 radical (unpaired) electrons. The number of hydrogen-bond donors (Lipinski definition) is 3. The molecule has 0 unspecified atom stereocenters. The fourth-order valence-electron chi connectivity index (χ4n) is 2.12. The van der Waals surface area contributed by atoms with Crippen LogP contribution in [-0.2, 0) is 21.2 Å². The van der Waals surface area contributed by atoms with E-state index in [-0.39, 0.29) is 12.2 Å². The molecule has 0 aliphatic carbocycles. The number of carboxylic acid groups (broad SMARTS) is 1. The third-order valence-electron chi connectivity index (χ3n) is 3.06. The molecule has 0 fully saturated rings. The first-order valence-electron chi connectivity index (χ1n) is 6.31. The zero-order valence-electron chi connectivity index (χ0n) is 11.2. The van der Waals surface area contributed by atoms with Crippen molar-refractivity contribution >= 4 is 26.9 Å². The third-order valence-corrected chi connectivity index (χ3v) is 4.37. The van der Waals surface area contributed by atoms with Crippen molar-refractivity contribution in [2.75, 3.05) is 5.75 Å². The molecule has 0 bridgehead atoms. The molecule has 2 aromatic rings. The number of para-hydroxylation sites is 1. The molecule has 1 heterocycles. The van der Waals surface area contributed by atoms with Crippen molar-refractivity contribution in [1.82, 2.24) is 9.71 Å². The lowest BCUT2D eigenvalue weighted by molar-refractivity contribution is -0.138. The molecule has 7 heteroatoms. The molecule has 0 saturated carbocycles. The number of aromatic nitrogens is 1. The topological polar surface area (TPSA) is 99.3 Å². The first-order chi connectivity index (χ1) is 9.93. The van der Waals surface area contributed by atoms with Crippen LogP contribution in [0.1, 0.15) is 5.56 Å². The molecule has 1 atom stereocenters. The van der Waals surface area contributed by atoms with Gasteiger partial charge in [-0.05, 0) is 11.6 Å². The number of sulfonamides is 1. The molecular formula is C14H16N2O4S. The summed E-state index contributed by atoms with van der Waals surface area (Å²) in [7, 11) is -3.69. The highest BCUT2D eigenvalue weighted by atomic mass is 32.2. The second-order valence-electron chi connectivity index (χ2n) is 4.64. The molecule has 3 N–H and O–H groups in total. The Labute approximate surface area is 122 Å². The molecule has 0 saturated heterocycles. The van der Waals surface area contributed by atoms with Gasteiger partial charge < -0.3 is 10.1 Å². The van der Waals surface area contributed by atoms with E-state index in [1.165, 1.54) is 6.08 Å². The van der Waals surface area contributed by atoms with Crippen LogP contribution in [0.15, 0.2) is 43.1 Å². The normalized spacial score (nSPS) is 13.1. The van der Waals surface area contributed by atoms with Gasteiger partial charge in [-0.2, -0.15) is 0 Å². The van der Waals surface area contributed by atoms with Gasteiger partial charge in [0.05, 0.1) is 5.75 Å². The predicted molar refractivity (Wildman–Crippen MR) is 80.5 cm³/mol. The van der Waals surface area contributed by atoms with Gasteiger partial charge in [0.25, 0.3) is 0 Å². The van der Waals surface area contributed by atoms with E-state index in [4.69, 9.17) is 0 Å². The van der Waals surface area contributed by atoms with Crippen LogP contribution >= 0.6 is 0 Å². The zero-order chi connectivity index (χ0) is 15.5. The van der Waals surface area contributed by atoms with E-state index >= 15 is 0 Å². The van der Waals surface area contributed by atoms with Gasteiger partial charge in [-0.1, -0.05) is 24.3 Å². The second kappa shape index (κ2) is 6.11. The smallest absolute Gasteiger partial charge is 0.322 e. The Morgan fingerprint density at radius 3 is 2.81 bits per heavy atom. The largest absolute Gasteiger partial charge is 0.480 e. The number of fused-ring (bicyclic) bond motifs is 1. The van der Waals surface area contributed by atoms with E-state index in [0.717, 1.165) is 16.5 Å². The third kappa shape index (κ3) is 3.71. The molecule has 112 valence electrons. The van der Waals surface area contributed by atoms with Crippen LogP contribution in [0.25, 0.3) is 10.9 Å². The lowest BCUT2D eigenvalue weighted by Crippen LogP contribution is -2.43. The Morgan fingerprint density at radius 2 is 2.14 bits per heavy atom. The number of benzene rings is 1. The first kappa shape index (κ1) is 15.3. The SMILES string of the molecule is C=CCS(=O)(=O)N[C@H](Cc1c[nH]c2ccccc12)C(=O)O. The highest BCUT2D eigenvalue weighted by molar-refractivity contribution is 7.89. The van der Waals surface area contributed by atoms with Crippen molar-refractivity contribution in [3.63, 3.8) is 0 Å². The molecule has 1 aromatic heterocycles. The number of H-pyrrole nitrogens is 1. The van der Waals surface area contributed by atoms with Crippen LogP contribution in [0.5, 0.6) is 0 Å². The molecule has 0 amide bonds. The second-order valence-corrected chi connectivity index (χ2v) is 6.44. The summed E-state index contributed by atoms with van der Waals surface area (Å²) in [6.07, 6.45) is 2.98. The van der Waals surface area contributed by atoms with Crippen LogP contribution in [0, 0.1) is 0 Å². The Hall–Kier alpha value is -2.12. The van der Waals surface area contributed by atoms with E-state index in [1.54, 1.807) is 6.20 Å². The summed E-state index contributed by atoms with van der Waals surface area (Å²) in [6.45, 7) is 3.34. The summed E-state index contributed by atoms with van der Waals surface area (Å²) in [6, 6.07) is 6.23. The molecule has 21 heavy (non-hydrogen) atoms. The lowest BCUT2D eigenvalue weighted by atomic mass is 10.1. The Balaban J connectivity index is 2.24. The minimum Gasteiger partial charge on any atom is -0.480 e. The van der Waals surface area contributed by atoms with Gasteiger partial charge in [-0.25, -0.2) is 13.1 Å². The number of carboxylic acids is 1. The van der Waals surface area contributed by atoms with Gasteiger partial charge >= 0.3 is 5.97 Å². The maximum atomic E-state index is 11.7. The number of aliphatic carboxylic acids is 1. The standard InChI is InChI=1S/C14H16N2O4S/c1-2-7-21(19,20)16-13(14(17)18)8-10-9-15-12-6-4-3-5-11(10)12/h2-6,9,13,15-16H,1,7-8H2,(H,17,18)/t13-/m1/s1. The lowest BCUT2D eigenvalue weighted by Gasteiger charge is -2.13. The quantitative estimate of drug-likeness (QED) is 0.671. The van der Waals surface area contributed by atoms with Gasteiger partial charge in [-0.3, -0.25) is 4.79 Å². The van der Waals surface area contributed by atoms with E-state index in [1.807, 2.05) is 24.3 Å². The molecule has 1 aromatic carbocycles. The van der Waals surface area contributed by atoms with Crippen molar-refractivity contribution in [1.29, 1.82) is 0 Å². The minimum absolute atomic E-state index is 0.0652. The average Bonchev–Trinajstić information content (AvgIpc) is 2.81. The number of rotatable bonds is 7. The molecule has 0 spiro atoms. The number of aromatic amines is 1. The Morgan fingerprint density at radius 1 is 1.43 bits per heavy atom. The Bertz CT molecular complexity index is 764. The molecule has 0 aliphatic heterocycles. The van der Waals surface area contributed by atoms with Crippen LogP contribution in [-0.4, -0.2) is 36.3 Å². The van der Waals surface area contributed by atoms with Gasteiger partial charge in [0.2, 0.25) is 10.0 Å². The van der Waals surface area contributed by atoms with Crippen molar-refractivity contribution in [3.8, 4) is 0 Å². The highest BCUT2D eigenvalue weighted by Crippen LogP contribution is 2.19. The van der Waals surface area contributed by atoms with Crippen molar-refractivity contribution in [3.05, 3.63) is 48.7 Å². The van der Waals surface area contributed by atoms with Gasteiger partial charge in [0.1, 0.15) is 6.04 Å². The number of nitrogens with one attached hydrogen (secondary N) is 2. The van der Waals surface area contributed by atoms with Crippen molar-refractivity contribution in [2.24, 2.45) is 0 Å². The summed E-state index contributed by atoms with van der Waals surface area (Å²) < 4.78 is 25.6. The van der Waals surface area contributed by atoms with Gasteiger partial charge in [0.15, 0.2) is 0 Å². The van der Waals surface area contributed by atoms with E-state index in [2.05, 4.69) is 16.3 Å². The monoisotopic (exact) mass is 308 g/mol. The summed E-state index contributed by atoms with van der Waals surface area (Å²) in [5.74, 6) is -1.53. The van der Waals surface area contributed by atoms with Crippen LogP contribution in [0.4, 0.5) is 0 Å². The summed E-state index contributed by atoms with van der Waals surface area (Å²) in [5.41, 5.74) is 1.63. The summed E-state index contributed by atoms with van der Waals surface area (Å²) in [5, 5.41) is 10.1. The van der Waals surface area contributed by atoms with Gasteiger partial charge in [0, 0.05) is 23.5 Å². The van der Waals surface area contributed by atoms with E-state index in [0.29, 0.717) is 0 Å². The Kier molecular flexibility index (Phi) is 4.44. The predicted octanol–water partition coefficient (Wildman–Crippen LogP) is 1.27. The maximum absolute atomic E-state index is 11.7. The van der Waals surface area contributed by atoms with Gasteiger partial charge in [-0.15, -0.1) is 6.58 Å². The first-order valence-corrected chi connectivity index (χ1v) is 7.97.